The highest BCUT2D eigenvalue weighted by Gasteiger charge is 2.16. The summed E-state index contributed by atoms with van der Waals surface area (Å²) in [4.78, 5) is 23.1. The Kier molecular flexibility index (Phi) is 6.02. The van der Waals surface area contributed by atoms with Crippen molar-refractivity contribution in [3.63, 3.8) is 0 Å². The molecule has 0 aliphatic carbocycles. The zero-order chi connectivity index (χ0) is 16.0. The smallest absolute Gasteiger partial charge is 0.337 e. The summed E-state index contributed by atoms with van der Waals surface area (Å²) in [6, 6.07) is 3.98. The fourth-order valence-corrected chi connectivity index (χ4v) is 1.80. The zero-order valence-electron chi connectivity index (χ0n) is 12.8. The first kappa shape index (κ1) is 16.8. The third-order valence-electron chi connectivity index (χ3n) is 3.56. The Morgan fingerprint density at radius 3 is 2.52 bits per heavy atom. The van der Waals surface area contributed by atoms with Crippen molar-refractivity contribution in [3.05, 3.63) is 23.8 Å². The molecule has 3 N–H and O–H groups in total. The van der Waals surface area contributed by atoms with Crippen LogP contribution in [0.2, 0.25) is 0 Å². The maximum absolute atomic E-state index is 12.0. The van der Waals surface area contributed by atoms with Gasteiger partial charge < -0.3 is 20.5 Å². The van der Waals surface area contributed by atoms with Gasteiger partial charge in [-0.05, 0) is 25.0 Å². The second kappa shape index (κ2) is 7.52. The van der Waals surface area contributed by atoms with E-state index in [2.05, 4.69) is 10.6 Å². The van der Waals surface area contributed by atoms with Gasteiger partial charge in [-0.25, -0.2) is 9.59 Å². The fraction of sp³-hybridized carbons (Fsp3) is 0.467. The van der Waals surface area contributed by atoms with Crippen molar-refractivity contribution in [1.82, 2.24) is 5.32 Å². The van der Waals surface area contributed by atoms with Crippen LogP contribution in [0.1, 0.15) is 37.6 Å². The van der Waals surface area contributed by atoms with Crippen LogP contribution in [0.3, 0.4) is 0 Å². The van der Waals surface area contributed by atoms with E-state index in [0.29, 0.717) is 11.7 Å². The summed E-state index contributed by atoms with van der Waals surface area (Å²) in [5, 5.41) is 14.5. The Hall–Kier alpha value is -2.24. The zero-order valence-corrected chi connectivity index (χ0v) is 12.8. The molecule has 21 heavy (non-hydrogen) atoms. The largest absolute Gasteiger partial charge is 0.497 e. The van der Waals surface area contributed by atoms with Gasteiger partial charge in [-0.1, -0.05) is 20.3 Å². The summed E-state index contributed by atoms with van der Waals surface area (Å²) in [5.74, 6) is -0.298. The number of carboxylic acid groups (broad SMARTS) is 1. The number of amides is 2. The average Bonchev–Trinajstić information content (AvgIpc) is 2.45. The van der Waals surface area contributed by atoms with Crippen LogP contribution >= 0.6 is 0 Å². The number of rotatable bonds is 6. The van der Waals surface area contributed by atoms with Crippen molar-refractivity contribution < 1.29 is 19.4 Å². The SMILES string of the molecule is CCC(C)C(C)NC(=O)Nc1cc(OC)ccc1C(=O)O. The van der Waals surface area contributed by atoms with Crippen molar-refractivity contribution in [3.8, 4) is 5.75 Å². The van der Waals surface area contributed by atoms with Crippen LogP contribution in [-0.4, -0.2) is 30.3 Å². The van der Waals surface area contributed by atoms with E-state index < -0.39 is 12.0 Å². The van der Waals surface area contributed by atoms with Crippen LogP contribution in [0.15, 0.2) is 18.2 Å². The van der Waals surface area contributed by atoms with Crippen molar-refractivity contribution >= 4 is 17.7 Å². The third kappa shape index (κ3) is 4.66. The highest BCUT2D eigenvalue weighted by molar-refractivity contribution is 6.00. The van der Waals surface area contributed by atoms with Crippen LogP contribution in [0.5, 0.6) is 5.75 Å². The molecule has 0 aliphatic rings. The molecule has 0 bridgehead atoms. The Balaban J connectivity index is 2.85. The quantitative estimate of drug-likeness (QED) is 0.752. The molecule has 6 nitrogen and oxygen atoms in total. The summed E-state index contributed by atoms with van der Waals surface area (Å²) in [6.07, 6.45) is 0.945. The highest BCUT2D eigenvalue weighted by Crippen LogP contribution is 2.22. The molecule has 0 spiro atoms. The molecule has 1 aromatic carbocycles. The average molecular weight is 294 g/mol. The van der Waals surface area contributed by atoms with Crippen molar-refractivity contribution in [1.29, 1.82) is 0 Å². The van der Waals surface area contributed by atoms with E-state index in [9.17, 15) is 9.59 Å². The maximum Gasteiger partial charge on any atom is 0.337 e. The summed E-state index contributed by atoms with van der Waals surface area (Å²) >= 11 is 0. The van der Waals surface area contributed by atoms with Gasteiger partial charge in [0.1, 0.15) is 5.75 Å². The summed E-state index contributed by atoms with van der Waals surface area (Å²) < 4.78 is 5.04. The normalized spacial score (nSPS) is 13.1. The Labute approximate surface area is 124 Å². The number of benzene rings is 1. The van der Waals surface area contributed by atoms with E-state index in [-0.39, 0.29) is 17.3 Å². The minimum absolute atomic E-state index is 0.00566. The monoisotopic (exact) mass is 294 g/mol. The van der Waals surface area contributed by atoms with Gasteiger partial charge >= 0.3 is 12.0 Å². The molecule has 0 aliphatic heterocycles. The number of methoxy groups -OCH3 is 1. The van der Waals surface area contributed by atoms with Gasteiger partial charge in [0.2, 0.25) is 0 Å². The van der Waals surface area contributed by atoms with Crippen molar-refractivity contribution in [2.75, 3.05) is 12.4 Å². The van der Waals surface area contributed by atoms with E-state index >= 15 is 0 Å². The Bertz CT molecular complexity index is 516. The molecule has 1 rings (SSSR count). The summed E-state index contributed by atoms with van der Waals surface area (Å²) in [6.45, 7) is 6.00. The fourth-order valence-electron chi connectivity index (χ4n) is 1.80. The molecule has 6 heteroatoms. The molecule has 0 aromatic heterocycles. The van der Waals surface area contributed by atoms with Gasteiger partial charge in [0.15, 0.2) is 0 Å². The number of aromatic carboxylic acids is 1. The predicted octanol–water partition coefficient (Wildman–Crippen LogP) is 2.95. The number of carbonyl (C=O) groups is 2. The van der Waals surface area contributed by atoms with E-state index in [4.69, 9.17) is 9.84 Å². The molecule has 116 valence electrons. The van der Waals surface area contributed by atoms with Crippen LogP contribution in [-0.2, 0) is 0 Å². The molecule has 2 unspecified atom stereocenters. The Morgan fingerprint density at radius 1 is 1.33 bits per heavy atom. The van der Waals surface area contributed by atoms with Gasteiger partial charge in [-0.3, -0.25) is 0 Å². The van der Waals surface area contributed by atoms with Crippen LogP contribution < -0.4 is 15.4 Å². The lowest BCUT2D eigenvalue weighted by Crippen LogP contribution is -2.39. The number of hydrogen-bond acceptors (Lipinski definition) is 3. The standard InChI is InChI=1S/C15H22N2O4/c1-5-9(2)10(3)16-15(20)17-13-8-11(21-4)6-7-12(13)14(18)19/h6-10H,5H2,1-4H3,(H,18,19)(H2,16,17,20). The second-order valence-corrected chi connectivity index (χ2v) is 4.99. The number of anilines is 1. The highest BCUT2D eigenvalue weighted by atomic mass is 16.5. The van der Waals surface area contributed by atoms with Gasteiger partial charge in [0, 0.05) is 12.1 Å². The van der Waals surface area contributed by atoms with Crippen molar-refractivity contribution in [2.45, 2.75) is 33.2 Å². The van der Waals surface area contributed by atoms with Gasteiger partial charge in [-0.2, -0.15) is 0 Å². The molecule has 2 atom stereocenters. The molecule has 2 amide bonds. The molecule has 1 aromatic rings. The number of carboxylic acids is 1. The molecular formula is C15H22N2O4. The van der Waals surface area contributed by atoms with Crippen molar-refractivity contribution in [2.24, 2.45) is 5.92 Å². The van der Waals surface area contributed by atoms with E-state index in [1.807, 2.05) is 20.8 Å². The number of nitrogens with one attached hydrogen (secondary N) is 2. The first-order valence-corrected chi connectivity index (χ1v) is 6.87. The number of urea groups is 1. The minimum atomic E-state index is -1.11. The molecule has 0 radical (unpaired) electrons. The third-order valence-corrected chi connectivity index (χ3v) is 3.56. The van der Waals surface area contributed by atoms with E-state index in [1.54, 1.807) is 0 Å². The Morgan fingerprint density at radius 2 is 2.00 bits per heavy atom. The molecule has 0 saturated heterocycles. The lowest BCUT2D eigenvalue weighted by atomic mass is 10.0. The lowest BCUT2D eigenvalue weighted by Gasteiger charge is -2.20. The first-order valence-electron chi connectivity index (χ1n) is 6.87. The van der Waals surface area contributed by atoms with Gasteiger partial charge in [0.05, 0.1) is 18.4 Å². The molecular weight excluding hydrogens is 272 g/mol. The number of carbonyl (C=O) groups excluding carboxylic acids is 1. The number of ether oxygens (including phenoxy) is 1. The topological polar surface area (TPSA) is 87.7 Å². The predicted molar refractivity (Wildman–Crippen MR) is 81.0 cm³/mol. The van der Waals surface area contributed by atoms with Gasteiger partial charge in [0.25, 0.3) is 0 Å². The summed E-state index contributed by atoms with van der Waals surface area (Å²) in [7, 11) is 1.48. The molecule has 0 fully saturated rings. The molecule has 0 saturated carbocycles. The number of hydrogen-bond donors (Lipinski definition) is 3. The molecule has 0 heterocycles. The summed E-state index contributed by atoms with van der Waals surface area (Å²) in [5.41, 5.74) is 0.220. The second-order valence-electron chi connectivity index (χ2n) is 4.99. The lowest BCUT2D eigenvalue weighted by molar-refractivity contribution is 0.0698. The maximum atomic E-state index is 12.0. The first-order chi connectivity index (χ1) is 9.88. The van der Waals surface area contributed by atoms with Crippen LogP contribution in [0.25, 0.3) is 0 Å². The van der Waals surface area contributed by atoms with Crippen LogP contribution in [0, 0.1) is 5.92 Å². The van der Waals surface area contributed by atoms with E-state index in [1.165, 1.54) is 25.3 Å². The minimum Gasteiger partial charge on any atom is -0.497 e. The van der Waals surface area contributed by atoms with Gasteiger partial charge in [-0.15, -0.1) is 0 Å². The van der Waals surface area contributed by atoms with E-state index in [0.717, 1.165) is 6.42 Å². The van der Waals surface area contributed by atoms with Crippen LogP contribution in [0.4, 0.5) is 10.5 Å².